The lowest BCUT2D eigenvalue weighted by Gasteiger charge is -2.29. The Morgan fingerprint density at radius 2 is 2.11 bits per heavy atom. The highest BCUT2D eigenvalue weighted by Crippen LogP contribution is 2.09. The summed E-state index contributed by atoms with van der Waals surface area (Å²) in [5.74, 6) is 1.14. The molecule has 1 atom stereocenters. The van der Waals surface area contributed by atoms with Crippen LogP contribution in [0.3, 0.4) is 0 Å². The number of likely N-dealkylation sites (tertiary alicyclic amines) is 1. The maximum absolute atomic E-state index is 4.39. The first-order chi connectivity index (χ1) is 8.79. The van der Waals surface area contributed by atoms with Crippen LogP contribution in [0.25, 0.3) is 0 Å². The molecule has 4 nitrogen and oxygen atoms in total. The van der Waals surface area contributed by atoms with E-state index in [-0.39, 0.29) is 0 Å². The first-order valence-corrected chi connectivity index (χ1v) is 7.25. The largest absolute Gasteiger partial charge is 0.334 e. The molecule has 4 heteroatoms. The molecule has 1 N–H and O–H groups in total. The van der Waals surface area contributed by atoms with Gasteiger partial charge in [-0.15, -0.1) is 0 Å². The van der Waals surface area contributed by atoms with E-state index < -0.39 is 0 Å². The van der Waals surface area contributed by atoms with Crippen LogP contribution in [0.4, 0.5) is 0 Å². The number of nitrogens with one attached hydrogen (secondary N) is 1. The zero-order valence-electron chi connectivity index (χ0n) is 11.7. The van der Waals surface area contributed by atoms with E-state index in [9.17, 15) is 0 Å². The van der Waals surface area contributed by atoms with Crippen molar-refractivity contribution < 1.29 is 0 Å². The van der Waals surface area contributed by atoms with E-state index >= 15 is 0 Å². The lowest BCUT2D eigenvalue weighted by molar-refractivity contribution is 0.208. The highest BCUT2D eigenvalue weighted by Gasteiger charge is 2.13. The van der Waals surface area contributed by atoms with Crippen molar-refractivity contribution in [3.8, 4) is 0 Å². The minimum absolute atomic E-state index is 0.533. The third-order valence-corrected chi connectivity index (χ3v) is 3.73. The minimum atomic E-state index is 0.533. The summed E-state index contributed by atoms with van der Waals surface area (Å²) < 4.78 is 2.20. The summed E-state index contributed by atoms with van der Waals surface area (Å²) in [6.45, 7) is 10.0. The van der Waals surface area contributed by atoms with E-state index in [1.165, 1.54) is 32.4 Å². The summed E-state index contributed by atoms with van der Waals surface area (Å²) in [6.07, 6.45) is 8.08. The van der Waals surface area contributed by atoms with Gasteiger partial charge >= 0.3 is 0 Å². The highest BCUT2D eigenvalue weighted by molar-refractivity contribution is 4.92. The molecule has 0 aliphatic carbocycles. The van der Waals surface area contributed by atoms with E-state index in [0.29, 0.717) is 6.04 Å². The van der Waals surface area contributed by atoms with E-state index in [0.717, 1.165) is 25.5 Å². The standard InChI is InChI=1S/C14H26N4/c1-3-18-10-7-15-14(18)11-16-13(2)12-17-8-5-4-6-9-17/h7,10,13,16H,3-6,8-9,11-12H2,1-2H3. The van der Waals surface area contributed by atoms with Crippen LogP contribution in [-0.4, -0.2) is 40.1 Å². The van der Waals surface area contributed by atoms with Crippen molar-refractivity contribution in [2.24, 2.45) is 0 Å². The number of piperidine rings is 1. The van der Waals surface area contributed by atoms with Crippen LogP contribution < -0.4 is 5.32 Å². The summed E-state index contributed by atoms with van der Waals surface area (Å²) in [5.41, 5.74) is 0. The van der Waals surface area contributed by atoms with E-state index in [4.69, 9.17) is 0 Å². The Hall–Kier alpha value is -0.870. The quantitative estimate of drug-likeness (QED) is 0.836. The number of aryl methyl sites for hydroxylation is 1. The molecule has 2 rings (SSSR count). The zero-order chi connectivity index (χ0) is 12.8. The first-order valence-electron chi connectivity index (χ1n) is 7.25. The summed E-state index contributed by atoms with van der Waals surface area (Å²) in [5, 5.41) is 3.58. The Kier molecular flexibility index (Phi) is 5.20. The average molecular weight is 250 g/mol. The second kappa shape index (κ2) is 6.90. The van der Waals surface area contributed by atoms with Crippen molar-refractivity contribution in [1.29, 1.82) is 0 Å². The summed E-state index contributed by atoms with van der Waals surface area (Å²) in [4.78, 5) is 6.97. The number of hydrogen-bond acceptors (Lipinski definition) is 3. The molecule has 1 aromatic heterocycles. The fourth-order valence-corrected chi connectivity index (χ4v) is 2.65. The van der Waals surface area contributed by atoms with Crippen LogP contribution in [0.1, 0.15) is 38.9 Å². The molecular weight excluding hydrogens is 224 g/mol. The van der Waals surface area contributed by atoms with Gasteiger partial charge in [0.1, 0.15) is 5.82 Å². The van der Waals surface area contributed by atoms with Crippen LogP contribution in [0.5, 0.6) is 0 Å². The molecule has 0 radical (unpaired) electrons. The van der Waals surface area contributed by atoms with E-state index in [2.05, 4.69) is 33.6 Å². The molecule has 0 saturated carbocycles. The van der Waals surface area contributed by atoms with Gasteiger partial charge in [0, 0.05) is 31.5 Å². The highest BCUT2D eigenvalue weighted by atomic mass is 15.2. The van der Waals surface area contributed by atoms with E-state index in [1.54, 1.807) is 0 Å². The van der Waals surface area contributed by atoms with Gasteiger partial charge in [0.25, 0.3) is 0 Å². The molecule has 1 fully saturated rings. The molecule has 0 amide bonds. The Balaban J connectivity index is 1.72. The Labute approximate surface area is 110 Å². The molecule has 102 valence electrons. The van der Waals surface area contributed by atoms with Gasteiger partial charge in [-0.1, -0.05) is 6.42 Å². The maximum Gasteiger partial charge on any atom is 0.122 e. The third kappa shape index (κ3) is 3.82. The van der Waals surface area contributed by atoms with Crippen molar-refractivity contribution in [2.45, 2.75) is 52.2 Å². The molecule has 18 heavy (non-hydrogen) atoms. The van der Waals surface area contributed by atoms with Crippen molar-refractivity contribution in [2.75, 3.05) is 19.6 Å². The Morgan fingerprint density at radius 1 is 1.33 bits per heavy atom. The van der Waals surface area contributed by atoms with Crippen LogP contribution in [-0.2, 0) is 13.1 Å². The van der Waals surface area contributed by atoms with Gasteiger partial charge in [-0.05, 0) is 39.8 Å². The smallest absolute Gasteiger partial charge is 0.122 e. The number of hydrogen-bond donors (Lipinski definition) is 1. The van der Waals surface area contributed by atoms with Gasteiger partial charge in [-0.3, -0.25) is 0 Å². The van der Waals surface area contributed by atoms with Crippen LogP contribution >= 0.6 is 0 Å². The molecule has 0 aromatic carbocycles. The molecule has 0 spiro atoms. The van der Waals surface area contributed by atoms with Crippen molar-refractivity contribution in [3.63, 3.8) is 0 Å². The summed E-state index contributed by atoms with van der Waals surface area (Å²) in [7, 11) is 0. The first kappa shape index (κ1) is 13.6. The van der Waals surface area contributed by atoms with Gasteiger partial charge in [-0.2, -0.15) is 0 Å². The average Bonchev–Trinajstić information content (AvgIpc) is 2.85. The van der Waals surface area contributed by atoms with Crippen LogP contribution in [0, 0.1) is 0 Å². The predicted octanol–water partition coefficient (Wildman–Crippen LogP) is 1.87. The number of imidazole rings is 1. The van der Waals surface area contributed by atoms with Crippen molar-refractivity contribution in [3.05, 3.63) is 18.2 Å². The zero-order valence-corrected chi connectivity index (χ0v) is 11.7. The number of nitrogens with zero attached hydrogens (tertiary/aromatic N) is 3. The number of rotatable bonds is 6. The Bertz CT molecular complexity index is 341. The van der Waals surface area contributed by atoms with Gasteiger partial charge in [-0.25, -0.2) is 4.98 Å². The lowest BCUT2D eigenvalue weighted by atomic mass is 10.1. The molecule has 1 aromatic rings. The number of aromatic nitrogens is 2. The van der Waals surface area contributed by atoms with Gasteiger partial charge in [0.15, 0.2) is 0 Å². The molecular formula is C14H26N4. The summed E-state index contributed by atoms with van der Waals surface area (Å²) in [6, 6.07) is 0.533. The molecule has 0 bridgehead atoms. The maximum atomic E-state index is 4.39. The van der Waals surface area contributed by atoms with Crippen molar-refractivity contribution in [1.82, 2.24) is 19.8 Å². The monoisotopic (exact) mass is 250 g/mol. The van der Waals surface area contributed by atoms with Gasteiger partial charge in [0.2, 0.25) is 0 Å². The molecule has 2 heterocycles. The normalized spacial score (nSPS) is 19.0. The third-order valence-electron chi connectivity index (χ3n) is 3.73. The predicted molar refractivity (Wildman–Crippen MR) is 74.5 cm³/mol. The topological polar surface area (TPSA) is 33.1 Å². The lowest BCUT2D eigenvalue weighted by Crippen LogP contribution is -2.41. The van der Waals surface area contributed by atoms with Crippen molar-refractivity contribution >= 4 is 0 Å². The second-order valence-electron chi connectivity index (χ2n) is 5.27. The summed E-state index contributed by atoms with van der Waals surface area (Å²) >= 11 is 0. The van der Waals surface area contributed by atoms with Crippen LogP contribution in [0.2, 0.25) is 0 Å². The van der Waals surface area contributed by atoms with E-state index in [1.807, 2.05) is 12.4 Å². The molecule has 1 aliphatic heterocycles. The molecule has 1 saturated heterocycles. The van der Waals surface area contributed by atoms with Crippen LogP contribution in [0.15, 0.2) is 12.4 Å². The minimum Gasteiger partial charge on any atom is -0.334 e. The molecule has 1 unspecified atom stereocenters. The fourth-order valence-electron chi connectivity index (χ4n) is 2.65. The Morgan fingerprint density at radius 3 is 2.83 bits per heavy atom. The van der Waals surface area contributed by atoms with Gasteiger partial charge < -0.3 is 14.8 Å². The molecule has 1 aliphatic rings. The van der Waals surface area contributed by atoms with Gasteiger partial charge in [0.05, 0.1) is 6.54 Å². The fraction of sp³-hybridized carbons (Fsp3) is 0.786. The SMILES string of the molecule is CCn1ccnc1CNC(C)CN1CCCCC1. The second-order valence-corrected chi connectivity index (χ2v) is 5.27.